The van der Waals surface area contributed by atoms with Gasteiger partial charge in [0.05, 0.1) is 0 Å². The standard InChI is InChI=1S/C14H20N2/c1-3-11-5-6-14-13(9-11)12(4-2)10-16(14)8-7-15/h5-6,9-10H,3-4,7-8,15H2,1-2H3. The van der Waals surface area contributed by atoms with Gasteiger partial charge in [-0.3, -0.25) is 0 Å². The summed E-state index contributed by atoms with van der Waals surface area (Å²) in [5.74, 6) is 0. The van der Waals surface area contributed by atoms with Crippen molar-refractivity contribution >= 4 is 10.9 Å². The maximum Gasteiger partial charge on any atom is 0.0483 e. The van der Waals surface area contributed by atoms with Crippen molar-refractivity contribution in [1.29, 1.82) is 0 Å². The quantitative estimate of drug-likeness (QED) is 0.837. The molecule has 0 fully saturated rings. The van der Waals surface area contributed by atoms with Crippen LogP contribution in [0, 0.1) is 0 Å². The van der Waals surface area contributed by atoms with Crippen molar-refractivity contribution in [2.75, 3.05) is 6.54 Å². The van der Waals surface area contributed by atoms with Crippen molar-refractivity contribution in [1.82, 2.24) is 4.57 Å². The molecule has 0 saturated heterocycles. The summed E-state index contributed by atoms with van der Waals surface area (Å²) in [5.41, 5.74) is 9.80. The fourth-order valence-corrected chi connectivity index (χ4v) is 2.24. The van der Waals surface area contributed by atoms with Crippen LogP contribution in [0.15, 0.2) is 24.4 Å². The molecule has 86 valence electrons. The van der Waals surface area contributed by atoms with E-state index in [1.807, 2.05) is 0 Å². The minimum Gasteiger partial charge on any atom is -0.346 e. The highest BCUT2D eigenvalue weighted by atomic mass is 15.0. The van der Waals surface area contributed by atoms with Crippen molar-refractivity contribution in [3.63, 3.8) is 0 Å². The lowest BCUT2D eigenvalue weighted by molar-refractivity contribution is 0.732. The smallest absolute Gasteiger partial charge is 0.0483 e. The maximum absolute atomic E-state index is 5.64. The number of nitrogens with zero attached hydrogens (tertiary/aromatic N) is 1. The number of aryl methyl sites for hydroxylation is 2. The van der Waals surface area contributed by atoms with Crippen molar-refractivity contribution < 1.29 is 0 Å². The zero-order valence-electron chi connectivity index (χ0n) is 10.2. The number of nitrogens with two attached hydrogens (primary N) is 1. The second-order valence-corrected chi connectivity index (χ2v) is 4.20. The van der Waals surface area contributed by atoms with E-state index in [-0.39, 0.29) is 0 Å². The number of benzene rings is 1. The fraction of sp³-hybridized carbons (Fsp3) is 0.429. The summed E-state index contributed by atoms with van der Waals surface area (Å²) in [6.07, 6.45) is 4.43. The molecule has 0 saturated carbocycles. The molecule has 0 unspecified atom stereocenters. The zero-order valence-corrected chi connectivity index (χ0v) is 10.2. The third kappa shape index (κ3) is 1.85. The van der Waals surface area contributed by atoms with Crippen LogP contribution in [0.2, 0.25) is 0 Å². The van der Waals surface area contributed by atoms with Crippen molar-refractivity contribution in [3.8, 4) is 0 Å². The Morgan fingerprint density at radius 2 is 2.00 bits per heavy atom. The fourth-order valence-electron chi connectivity index (χ4n) is 2.24. The summed E-state index contributed by atoms with van der Waals surface area (Å²) >= 11 is 0. The van der Waals surface area contributed by atoms with Gasteiger partial charge in [0.1, 0.15) is 0 Å². The van der Waals surface area contributed by atoms with Gasteiger partial charge in [0.25, 0.3) is 0 Å². The number of fused-ring (bicyclic) bond motifs is 1. The summed E-state index contributed by atoms with van der Waals surface area (Å²) in [5, 5.41) is 1.40. The summed E-state index contributed by atoms with van der Waals surface area (Å²) in [7, 11) is 0. The average molecular weight is 216 g/mol. The van der Waals surface area contributed by atoms with E-state index in [1.54, 1.807) is 0 Å². The second kappa shape index (κ2) is 4.71. The van der Waals surface area contributed by atoms with E-state index in [0.717, 1.165) is 19.4 Å². The molecule has 1 aromatic heterocycles. The highest BCUT2D eigenvalue weighted by Gasteiger charge is 2.06. The van der Waals surface area contributed by atoms with Gasteiger partial charge >= 0.3 is 0 Å². The van der Waals surface area contributed by atoms with Crippen LogP contribution in [0.25, 0.3) is 10.9 Å². The maximum atomic E-state index is 5.64. The largest absolute Gasteiger partial charge is 0.346 e. The van der Waals surface area contributed by atoms with Crippen LogP contribution in [0.3, 0.4) is 0 Å². The van der Waals surface area contributed by atoms with Gasteiger partial charge in [-0.2, -0.15) is 0 Å². The molecule has 2 heteroatoms. The first-order valence-corrected chi connectivity index (χ1v) is 6.10. The molecule has 2 N–H and O–H groups in total. The highest BCUT2D eigenvalue weighted by Crippen LogP contribution is 2.23. The van der Waals surface area contributed by atoms with Gasteiger partial charge in [-0.15, -0.1) is 0 Å². The Balaban J connectivity index is 2.59. The molecule has 2 aromatic rings. The Hall–Kier alpha value is -1.28. The SMILES string of the molecule is CCc1ccc2c(c1)c(CC)cn2CCN. The number of rotatable bonds is 4. The van der Waals surface area contributed by atoms with Crippen LogP contribution in [0.1, 0.15) is 25.0 Å². The third-order valence-electron chi connectivity index (χ3n) is 3.19. The molecule has 0 aliphatic carbocycles. The minimum atomic E-state index is 0.697. The Morgan fingerprint density at radius 3 is 2.62 bits per heavy atom. The van der Waals surface area contributed by atoms with E-state index in [2.05, 4.69) is 42.8 Å². The summed E-state index contributed by atoms with van der Waals surface area (Å²) in [6.45, 7) is 6.01. The van der Waals surface area contributed by atoms with Crippen LogP contribution >= 0.6 is 0 Å². The predicted molar refractivity (Wildman–Crippen MR) is 69.7 cm³/mol. The highest BCUT2D eigenvalue weighted by molar-refractivity contribution is 5.84. The van der Waals surface area contributed by atoms with E-state index in [1.165, 1.54) is 22.0 Å². The molecule has 0 amide bonds. The molecule has 16 heavy (non-hydrogen) atoms. The topological polar surface area (TPSA) is 30.9 Å². The molecule has 0 radical (unpaired) electrons. The molecule has 2 rings (SSSR count). The molecule has 0 aliphatic rings. The van der Waals surface area contributed by atoms with Gasteiger partial charge in [-0.25, -0.2) is 0 Å². The van der Waals surface area contributed by atoms with E-state index in [0.29, 0.717) is 6.54 Å². The molecular weight excluding hydrogens is 196 g/mol. The lowest BCUT2D eigenvalue weighted by Gasteiger charge is -2.03. The predicted octanol–water partition coefficient (Wildman–Crippen LogP) is 2.72. The van der Waals surface area contributed by atoms with E-state index in [4.69, 9.17) is 5.73 Å². The molecule has 0 spiro atoms. The van der Waals surface area contributed by atoms with Gasteiger partial charge in [0.15, 0.2) is 0 Å². The lowest BCUT2D eigenvalue weighted by atomic mass is 10.1. The van der Waals surface area contributed by atoms with Gasteiger partial charge in [-0.1, -0.05) is 19.9 Å². The average Bonchev–Trinajstić information content (AvgIpc) is 2.67. The van der Waals surface area contributed by atoms with Gasteiger partial charge in [-0.05, 0) is 36.1 Å². The van der Waals surface area contributed by atoms with Crippen LogP contribution in [-0.2, 0) is 19.4 Å². The van der Waals surface area contributed by atoms with Crippen LogP contribution < -0.4 is 5.73 Å². The summed E-state index contributed by atoms with van der Waals surface area (Å²) in [6, 6.07) is 6.76. The first kappa shape index (κ1) is 11.2. The Bertz CT molecular complexity index is 483. The van der Waals surface area contributed by atoms with Crippen molar-refractivity contribution in [2.45, 2.75) is 33.2 Å². The normalized spacial score (nSPS) is 11.2. The first-order chi connectivity index (χ1) is 7.80. The van der Waals surface area contributed by atoms with Gasteiger partial charge in [0.2, 0.25) is 0 Å². The lowest BCUT2D eigenvalue weighted by Crippen LogP contribution is -2.08. The van der Waals surface area contributed by atoms with Crippen LogP contribution in [-0.4, -0.2) is 11.1 Å². The zero-order chi connectivity index (χ0) is 11.5. The molecule has 0 atom stereocenters. The van der Waals surface area contributed by atoms with E-state index in [9.17, 15) is 0 Å². The summed E-state index contributed by atoms with van der Waals surface area (Å²) < 4.78 is 2.27. The Labute approximate surface area is 97.1 Å². The molecule has 0 aliphatic heterocycles. The molecular formula is C14H20N2. The number of hydrogen-bond donors (Lipinski definition) is 1. The van der Waals surface area contributed by atoms with Gasteiger partial charge in [0, 0.05) is 30.2 Å². The molecule has 2 nitrogen and oxygen atoms in total. The van der Waals surface area contributed by atoms with Gasteiger partial charge < -0.3 is 10.3 Å². The van der Waals surface area contributed by atoms with Crippen LogP contribution in [0.4, 0.5) is 0 Å². The minimum absolute atomic E-state index is 0.697. The van der Waals surface area contributed by atoms with E-state index >= 15 is 0 Å². The molecule has 1 heterocycles. The van der Waals surface area contributed by atoms with Crippen molar-refractivity contribution in [2.24, 2.45) is 5.73 Å². The Kier molecular flexibility index (Phi) is 3.30. The second-order valence-electron chi connectivity index (χ2n) is 4.20. The number of hydrogen-bond acceptors (Lipinski definition) is 1. The monoisotopic (exact) mass is 216 g/mol. The molecule has 0 bridgehead atoms. The number of aromatic nitrogens is 1. The first-order valence-electron chi connectivity index (χ1n) is 6.10. The van der Waals surface area contributed by atoms with E-state index < -0.39 is 0 Å². The Morgan fingerprint density at radius 1 is 1.19 bits per heavy atom. The molecule has 1 aromatic carbocycles. The third-order valence-corrected chi connectivity index (χ3v) is 3.19. The van der Waals surface area contributed by atoms with Crippen molar-refractivity contribution in [3.05, 3.63) is 35.5 Å². The van der Waals surface area contributed by atoms with Crippen LogP contribution in [0.5, 0.6) is 0 Å². The summed E-state index contributed by atoms with van der Waals surface area (Å²) in [4.78, 5) is 0.